The van der Waals surface area contributed by atoms with E-state index in [2.05, 4.69) is 17.2 Å². The van der Waals surface area contributed by atoms with Crippen LogP contribution in [0.1, 0.15) is 19.0 Å². The Morgan fingerprint density at radius 2 is 2.11 bits per heavy atom. The van der Waals surface area contributed by atoms with E-state index in [1.165, 1.54) is 0 Å². The molecule has 1 heterocycles. The van der Waals surface area contributed by atoms with Crippen molar-refractivity contribution < 1.29 is 0 Å². The fraction of sp³-hybridized carbons (Fsp3) is 0.429. The van der Waals surface area contributed by atoms with Crippen LogP contribution in [0, 0.1) is 6.92 Å². The molecule has 0 aliphatic rings. The number of benzene rings is 1. The van der Waals surface area contributed by atoms with Gasteiger partial charge in [0.25, 0.3) is 5.56 Å². The molecule has 0 saturated carbocycles. The van der Waals surface area contributed by atoms with Crippen LogP contribution < -0.4 is 10.9 Å². The first-order chi connectivity index (χ1) is 8.63. The van der Waals surface area contributed by atoms with Crippen molar-refractivity contribution >= 4 is 11.0 Å². The quantitative estimate of drug-likeness (QED) is 0.892. The SMILES string of the molecule is CNC(C)CCn1c(=O)c(C)nc2ccccc21. The van der Waals surface area contributed by atoms with Crippen LogP contribution in [0.15, 0.2) is 29.1 Å². The Morgan fingerprint density at radius 3 is 2.83 bits per heavy atom. The molecule has 0 spiro atoms. The number of nitrogens with zero attached hydrogens (tertiary/aromatic N) is 2. The fourth-order valence-electron chi connectivity index (χ4n) is 2.01. The number of nitrogens with one attached hydrogen (secondary N) is 1. The summed E-state index contributed by atoms with van der Waals surface area (Å²) in [5.74, 6) is 0. The van der Waals surface area contributed by atoms with E-state index in [9.17, 15) is 4.79 Å². The van der Waals surface area contributed by atoms with Crippen LogP contribution in [0.3, 0.4) is 0 Å². The molecule has 1 unspecified atom stereocenters. The molecule has 1 aromatic heterocycles. The topological polar surface area (TPSA) is 46.9 Å². The molecule has 0 aliphatic heterocycles. The van der Waals surface area contributed by atoms with Crippen molar-refractivity contribution in [3.05, 3.63) is 40.3 Å². The normalized spacial score (nSPS) is 12.8. The Kier molecular flexibility index (Phi) is 3.77. The second-order valence-electron chi connectivity index (χ2n) is 4.62. The van der Waals surface area contributed by atoms with Gasteiger partial charge in [0, 0.05) is 12.6 Å². The molecule has 0 fully saturated rings. The van der Waals surface area contributed by atoms with E-state index in [-0.39, 0.29) is 5.56 Å². The van der Waals surface area contributed by atoms with Gasteiger partial charge in [0.05, 0.1) is 11.0 Å². The van der Waals surface area contributed by atoms with E-state index in [0.29, 0.717) is 18.3 Å². The molecule has 1 aromatic carbocycles. The molecule has 4 heteroatoms. The predicted octanol–water partition coefficient (Wildman–Crippen LogP) is 1.70. The maximum absolute atomic E-state index is 12.2. The zero-order chi connectivity index (χ0) is 13.1. The monoisotopic (exact) mass is 245 g/mol. The molecular weight excluding hydrogens is 226 g/mol. The summed E-state index contributed by atoms with van der Waals surface area (Å²) < 4.78 is 1.82. The Bertz CT molecular complexity index is 604. The van der Waals surface area contributed by atoms with Gasteiger partial charge in [-0.25, -0.2) is 4.98 Å². The third-order valence-electron chi connectivity index (χ3n) is 3.29. The molecule has 0 bridgehead atoms. The Labute approximate surface area is 107 Å². The van der Waals surface area contributed by atoms with Gasteiger partial charge in [0.2, 0.25) is 0 Å². The molecule has 0 radical (unpaired) electrons. The Morgan fingerprint density at radius 1 is 1.39 bits per heavy atom. The molecule has 0 amide bonds. The van der Waals surface area contributed by atoms with Gasteiger partial charge in [-0.3, -0.25) is 4.79 Å². The first-order valence-electron chi connectivity index (χ1n) is 6.27. The third kappa shape index (κ3) is 2.43. The van der Waals surface area contributed by atoms with Crippen molar-refractivity contribution in [2.75, 3.05) is 7.05 Å². The summed E-state index contributed by atoms with van der Waals surface area (Å²) in [4.78, 5) is 16.5. The first-order valence-corrected chi connectivity index (χ1v) is 6.27. The van der Waals surface area contributed by atoms with Crippen molar-refractivity contribution in [1.29, 1.82) is 0 Å². The van der Waals surface area contributed by atoms with Crippen molar-refractivity contribution in [1.82, 2.24) is 14.9 Å². The standard InChI is InChI=1S/C14H19N3O/c1-10(15-3)8-9-17-13-7-5-4-6-12(13)16-11(2)14(17)18/h4-7,10,15H,8-9H2,1-3H3. The smallest absolute Gasteiger partial charge is 0.272 e. The van der Waals surface area contributed by atoms with Crippen molar-refractivity contribution in [2.45, 2.75) is 32.9 Å². The second kappa shape index (κ2) is 5.31. The van der Waals surface area contributed by atoms with E-state index in [1.807, 2.05) is 35.9 Å². The summed E-state index contributed by atoms with van der Waals surface area (Å²) in [6.45, 7) is 4.60. The molecule has 4 nitrogen and oxygen atoms in total. The van der Waals surface area contributed by atoms with Gasteiger partial charge in [0.15, 0.2) is 0 Å². The highest BCUT2D eigenvalue weighted by molar-refractivity contribution is 5.74. The van der Waals surface area contributed by atoms with Crippen LogP contribution in [0.5, 0.6) is 0 Å². The van der Waals surface area contributed by atoms with Crippen molar-refractivity contribution in [2.24, 2.45) is 0 Å². The molecule has 0 saturated heterocycles. The lowest BCUT2D eigenvalue weighted by Crippen LogP contribution is -2.28. The van der Waals surface area contributed by atoms with Crippen LogP contribution >= 0.6 is 0 Å². The molecule has 2 rings (SSSR count). The zero-order valence-corrected chi connectivity index (χ0v) is 11.1. The lowest BCUT2D eigenvalue weighted by atomic mass is 10.2. The van der Waals surface area contributed by atoms with Crippen molar-refractivity contribution in [3.8, 4) is 0 Å². The molecule has 1 atom stereocenters. The van der Waals surface area contributed by atoms with Crippen LogP contribution in [-0.2, 0) is 6.54 Å². The van der Waals surface area contributed by atoms with Gasteiger partial charge in [0.1, 0.15) is 5.69 Å². The fourth-order valence-corrected chi connectivity index (χ4v) is 2.01. The number of hydrogen-bond donors (Lipinski definition) is 1. The summed E-state index contributed by atoms with van der Waals surface area (Å²) in [7, 11) is 1.93. The van der Waals surface area contributed by atoms with Gasteiger partial charge in [-0.2, -0.15) is 0 Å². The van der Waals surface area contributed by atoms with E-state index in [1.54, 1.807) is 6.92 Å². The summed E-state index contributed by atoms with van der Waals surface area (Å²) >= 11 is 0. The van der Waals surface area contributed by atoms with Gasteiger partial charge in [-0.05, 0) is 39.4 Å². The second-order valence-corrected chi connectivity index (χ2v) is 4.62. The number of fused-ring (bicyclic) bond motifs is 1. The van der Waals surface area contributed by atoms with Crippen LogP contribution in [0.25, 0.3) is 11.0 Å². The summed E-state index contributed by atoms with van der Waals surface area (Å²) in [6.07, 6.45) is 0.920. The molecular formula is C14H19N3O. The summed E-state index contributed by atoms with van der Waals surface area (Å²) in [6, 6.07) is 8.17. The molecule has 2 aromatic rings. The average Bonchev–Trinajstić information content (AvgIpc) is 2.39. The minimum atomic E-state index is 0.0111. The van der Waals surface area contributed by atoms with E-state index in [0.717, 1.165) is 17.5 Å². The number of rotatable bonds is 4. The number of aromatic nitrogens is 2. The third-order valence-corrected chi connectivity index (χ3v) is 3.29. The zero-order valence-electron chi connectivity index (χ0n) is 11.1. The summed E-state index contributed by atoms with van der Waals surface area (Å²) in [5.41, 5.74) is 2.37. The number of para-hydroxylation sites is 2. The lowest BCUT2D eigenvalue weighted by molar-refractivity contribution is 0.509. The minimum absolute atomic E-state index is 0.0111. The van der Waals surface area contributed by atoms with E-state index in [4.69, 9.17) is 0 Å². The minimum Gasteiger partial charge on any atom is -0.317 e. The molecule has 96 valence electrons. The number of hydrogen-bond acceptors (Lipinski definition) is 3. The average molecular weight is 245 g/mol. The van der Waals surface area contributed by atoms with E-state index < -0.39 is 0 Å². The summed E-state index contributed by atoms with van der Waals surface area (Å²) in [5, 5.41) is 3.19. The van der Waals surface area contributed by atoms with Gasteiger partial charge >= 0.3 is 0 Å². The Hall–Kier alpha value is -1.68. The highest BCUT2D eigenvalue weighted by atomic mass is 16.1. The lowest BCUT2D eigenvalue weighted by Gasteiger charge is -2.14. The highest BCUT2D eigenvalue weighted by Gasteiger charge is 2.08. The van der Waals surface area contributed by atoms with Gasteiger partial charge in [-0.1, -0.05) is 12.1 Å². The molecule has 0 aliphatic carbocycles. The Balaban J connectivity index is 2.47. The van der Waals surface area contributed by atoms with Crippen molar-refractivity contribution in [3.63, 3.8) is 0 Å². The molecule has 18 heavy (non-hydrogen) atoms. The number of aryl methyl sites for hydroxylation is 2. The predicted molar refractivity (Wildman–Crippen MR) is 73.9 cm³/mol. The largest absolute Gasteiger partial charge is 0.317 e. The molecule has 1 N–H and O–H groups in total. The van der Waals surface area contributed by atoms with Crippen LogP contribution in [0.4, 0.5) is 0 Å². The van der Waals surface area contributed by atoms with Gasteiger partial charge in [-0.15, -0.1) is 0 Å². The first kappa shape index (κ1) is 12.8. The van der Waals surface area contributed by atoms with E-state index >= 15 is 0 Å². The van der Waals surface area contributed by atoms with Gasteiger partial charge < -0.3 is 9.88 Å². The highest BCUT2D eigenvalue weighted by Crippen LogP contribution is 2.10. The van der Waals surface area contributed by atoms with Crippen LogP contribution in [0.2, 0.25) is 0 Å². The van der Waals surface area contributed by atoms with Crippen LogP contribution in [-0.4, -0.2) is 22.6 Å². The maximum atomic E-state index is 12.2. The maximum Gasteiger partial charge on any atom is 0.272 e.